The second-order valence-corrected chi connectivity index (χ2v) is 5.40. The van der Waals surface area contributed by atoms with Crippen LogP contribution >= 0.6 is 0 Å². The van der Waals surface area contributed by atoms with Gasteiger partial charge in [0.05, 0.1) is 12.0 Å². The minimum Gasteiger partial charge on any atom is -0.466 e. The van der Waals surface area contributed by atoms with Gasteiger partial charge in [0, 0.05) is 6.54 Å². The molecule has 0 saturated carbocycles. The molecule has 0 amide bonds. The van der Waals surface area contributed by atoms with E-state index in [0.717, 1.165) is 5.56 Å². The number of esters is 1. The van der Waals surface area contributed by atoms with E-state index in [-0.39, 0.29) is 11.9 Å². The molecular formula is C16H25NO2. The number of ether oxygens (including phenoxy) is 1. The van der Waals surface area contributed by atoms with Gasteiger partial charge >= 0.3 is 5.97 Å². The average Bonchev–Trinajstić information content (AvgIpc) is 2.38. The summed E-state index contributed by atoms with van der Waals surface area (Å²) in [4.78, 5) is 12.3. The van der Waals surface area contributed by atoms with Gasteiger partial charge in [-0.1, -0.05) is 43.7 Å². The lowest BCUT2D eigenvalue weighted by molar-refractivity contribution is -0.157. The third kappa shape index (κ3) is 3.57. The molecule has 0 heterocycles. The van der Waals surface area contributed by atoms with Crippen LogP contribution in [0.3, 0.4) is 0 Å². The zero-order valence-corrected chi connectivity index (χ0v) is 12.4. The van der Waals surface area contributed by atoms with Crippen molar-refractivity contribution in [1.82, 2.24) is 0 Å². The topological polar surface area (TPSA) is 52.3 Å². The molecule has 0 radical (unpaired) electrons. The summed E-state index contributed by atoms with van der Waals surface area (Å²) in [7, 11) is 0. The van der Waals surface area contributed by atoms with Crippen molar-refractivity contribution in [3.05, 3.63) is 35.4 Å². The molecule has 106 valence electrons. The van der Waals surface area contributed by atoms with Gasteiger partial charge in [0.1, 0.15) is 0 Å². The van der Waals surface area contributed by atoms with Gasteiger partial charge < -0.3 is 10.5 Å². The first kappa shape index (κ1) is 15.7. The number of benzene rings is 1. The highest BCUT2D eigenvalue weighted by Crippen LogP contribution is 2.32. The summed E-state index contributed by atoms with van der Waals surface area (Å²) in [5, 5.41) is 0. The van der Waals surface area contributed by atoms with Crippen LogP contribution in [0.1, 0.15) is 31.9 Å². The van der Waals surface area contributed by atoms with E-state index in [2.05, 4.69) is 24.3 Å². The van der Waals surface area contributed by atoms with Crippen molar-refractivity contribution in [3.8, 4) is 0 Å². The van der Waals surface area contributed by atoms with E-state index in [1.165, 1.54) is 5.56 Å². The van der Waals surface area contributed by atoms with E-state index in [4.69, 9.17) is 10.5 Å². The van der Waals surface area contributed by atoms with Crippen LogP contribution in [-0.2, 0) is 16.0 Å². The lowest BCUT2D eigenvalue weighted by Crippen LogP contribution is -2.46. The maximum absolute atomic E-state index is 12.3. The second kappa shape index (κ2) is 6.71. The SMILES string of the molecule is CCOC(=O)C(CN)(Cc1ccc(C)cc1)C(C)C. The van der Waals surface area contributed by atoms with Gasteiger partial charge in [-0.3, -0.25) is 4.79 Å². The van der Waals surface area contributed by atoms with Gasteiger partial charge in [0.2, 0.25) is 0 Å². The molecule has 0 bridgehead atoms. The van der Waals surface area contributed by atoms with Crippen LogP contribution < -0.4 is 5.73 Å². The van der Waals surface area contributed by atoms with Crippen LogP contribution in [0.15, 0.2) is 24.3 Å². The zero-order chi connectivity index (χ0) is 14.5. The van der Waals surface area contributed by atoms with E-state index in [0.29, 0.717) is 19.6 Å². The standard InChI is InChI=1S/C16H25NO2/c1-5-19-15(18)16(11-17,12(2)3)10-14-8-6-13(4)7-9-14/h6-9,12H,5,10-11,17H2,1-4H3. The van der Waals surface area contributed by atoms with Gasteiger partial charge in [-0.2, -0.15) is 0 Å². The predicted octanol–water partition coefficient (Wildman–Crippen LogP) is 2.70. The predicted molar refractivity (Wildman–Crippen MR) is 77.8 cm³/mol. The minimum absolute atomic E-state index is 0.137. The van der Waals surface area contributed by atoms with Crippen LogP contribution in [0.4, 0.5) is 0 Å². The number of carbonyl (C=O) groups excluding carboxylic acids is 1. The molecule has 0 spiro atoms. The normalized spacial score (nSPS) is 14.2. The molecule has 0 aliphatic heterocycles. The number of aryl methyl sites for hydroxylation is 1. The molecule has 0 aliphatic carbocycles. The lowest BCUT2D eigenvalue weighted by atomic mass is 9.72. The maximum Gasteiger partial charge on any atom is 0.313 e. The summed E-state index contributed by atoms with van der Waals surface area (Å²) in [5.41, 5.74) is 7.62. The number of hydrogen-bond acceptors (Lipinski definition) is 3. The fraction of sp³-hybridized carbons (Fsp3) is 0.562. The third-order valence-corrected chi connectivity index (χ3v) is 3.79. The van der Waals surface area contributed by atoms with Crippen molar-refractivity contribution >= 4 is 5.97 Å². The Labute approximate surface area is 116 Å². The first-order valence-electron chi connectivity index (χ1n) is 6.89. The molecule has 0 aliphatic rings. The Hall–Kier alpha value is -1.35. The first-order valence-corrected chi connectivity index (χ1v) is 6.89. The summed E-state index contributed by atoms with van der Waals surface area (Å²) >= 11 is 0. The highest BCUT2D eigenvalue weighted by Gasteiger charge is 2.41. The van der Waals surface area contributed by atoms with Crippen molar-refractivity contribution in [3.63, 3.8) is 0 Å². The minimum atomic E-state index is -0.634. The Morgan fingerprint density at radius 1 is 1.32 bits per heavy atom. The third-order valence-electron chi connectivity index (χ3n) is 3.79. The smallest absolute Gasteiger partial charge is 0.313 e. The molecule has 0 aromatic heterocycles. The molecule has 1 atom stereocenters. The number of carbonyl (C=O) groups is 1. The van der Waals surface area contributed by atoms with Gasteiger partial charge in [0.15, 0.2) is 0 Å². The molecule has 1 unspecified atom stereocenters. The number of nitrogens with two attached hydrogens (primary N) is 1. The van der Waals surface area contributed by atoms with E-state index in [9.17, 15) is 4.79 Å². The maximum atomic E-state index is 12.3. The quantitative estimate of drug-likeness (QED) is 0.803. The average molecular weight is 263 g/mol. The van der Waals surface area contributed by atoms with Gasteiger partial charge in [-0.15, -0.1) is 0 Å². The van der Waals surface area contributed by atoms with Gasteiger partial charge in [0.25, 0.3) is 0 Å². The summed E-state index contributed by atoms with van der Waals surface area (Å²) in [6.07, 6.45) is 0.625. The molecule has 1 aromatic rings. The zero-order valence-electron chi connectivity index (χ0n) is 12.4. The molecule has 0 saturated heterocycles. The van der Waals surface area contributed by atoms with E-state index >= 15 is 0 Å². The monoisotopic (exact) mass is 263 g/mol. The van der Waals surface area contributed by atoms with Crippen LogP contribution in [0, 0.1) is 18.3 Å². The first-order chi connectivity index (χ1) is 8.96. The van der Waals surface area contributed by atoms with Crippen molar-refractivity contribution in [2.45, 2.75) is 34.1 Å². The summed E-state index contributed by atoms with van der Waals surface area (Å²) in [6, 6.07) is 8.23. The van der Waals surface area contributed by atoms with E-state index in [1.54, 1.807) is 0 Å². The Balaban J connectivity index is 3.03. The number of hydrogen-bond donors (Lipinski definition) is 1. The summed E-state index contributed by atoms with van der Waals surface area (Å²) < 4.78 is 5.24. The Bertz CT molecular complexity index is 411. The Morgan fingerprint density at radius 3 is 2.32 bits per heavy atom. The molecule has 2 N–H and O–H groups in total. The Kier molecular flexibility index (Phi) is 5.55. The lowest BCUT2D eigenvalue weighted by Gasteiger charge is -2.34. The van der Waals surface area contributed by atoms with E-state index < -0.39 is 5.41 Å². The molecular weight excluding hydrogens is 238 g/mol. The molecule has 1 aromatic carbocycles. The van der Waals surface area contributed by atoms with Gasteiger partial charge in [-0.05, 0) is 31.7 Å². The Morgan fingerprint density at radius 2 is 1.89 bits per heavy atom. The van der Waals surface area contributed by atoms with Crippen LogP contribution in [-0.4, -0.2) is 19.1 Å². The van der Waals surface area contributed by atoms with Crippen LogP contribution in [0.2, 0.25) is 0 Å². The van der Waals surface area contributed by atoms with Crippen molar-refractivity contribution in [2.75, 3.05) is 13.2 Å². The van der Waals surface area contributed by atoms with E-state index in [1.807, 2.05) is 27.7 Å². The molecule has 3 nitrogen and oxygen atoms in total. The van der Waals surface area contributed by atoms with Gasteiger partial charge in [-0.25, -0.2) is 0 Å². The molecule has 0 fully saturated rings. The highest BCUT2D eigenvalue weighted by atomic mass is 16.5. The number of rotatable bonds is 6. The molecule has 1 rings (SSSR count). The fourth-order valence-corrected chi connectivity index (χ4v) is 2.25. The second-order valence-electron chi connectivity index (χ2n) is 5.40. The molecule has 3 heteroatoms. The van der Waals surface area contributed by atoms with Crippen molar-refractivity contribution in [1.29, 1.82) is 0 Å². The van der Waals surface area contributed by atoms with Crippen molar-refractivity contribution in [2.24, 2.45) is 17.1 Å². The largest absolute Gasteiger partial charge is 0.466 e. The van der Waals surface area contributed by atoms with Crippen LogP contribution in [0.5, 0.6) is 0 Å². The van der Waals surface area contributed by atoms with Crippen LogP contribution in [0.25, 0.3) is 0 Å². The fourth-order valence-electron chi connectivity index (χ4n) is 2.25. The van der Waals surface area contributed by atoms with Crippen molar-refractivity contribution < 1.29 is 9.53 Å². The summed E-state index contributed by atoms with van der Waals surface area (Å²) in [5.74, 6) is -0.0501. The molecule has 19 heavy (non-hydrogen) atoms. The highest BCUT2D eigenvalue weighted by molar-refractivity contribution is 5.78. The summed E-state index contributed by atoms with van der Waals surface area (Å²) in [6.45, 7) is 8.62.